The van der Waals surface area contributed by atoms with Gasteiger partial charge in [0, 0.05) is 35.6 Å². The van der Waals surface area contributed by atoms with E-state index in [1.165, 1.54) is 16.8 Å². The van der Waals surface area contributed by atoms with E-state index in [2.05, 4.69) is 26.2 Å². The molecule has 0 spiro atoms. The predicted octanol–water partition coefficient (Wildman–Crippen LogP) is 2.41. The second kappa shape index (κ2) is 6.62. The first-order chi connectivity index (χ1) is 11.3. The van der Waals surface area contributed by atoms with E-state index < -0.39 is 10.0 Å². The van der Waals surface area contributed by atoms with E-state index >= 15 is 0 Å². The van der Waals surface area contributed by atoms with Crippen LogP contribution in [0.15, 0.2) is 41.1 Å². The van der Waals surface area contributed by atoms with Crippen molar-refractivity contribution in [3.8, 4) is 0 Å². The lowest BCUT2D eigenvalue weighted by atomic mass is 9.99. The zero-order valence-corrected chi connectivity index (χ0v) is 15.4. The highest BCUT2D eigenvalue weighted by Gasteiger charge is 2.25. The first-order valence-electron chi connectivity index (χ1n) is 7.32. The van der Waals surface area contributed by atoms with Crippen LogP contribution in [-0.2, 0) is 23.0 Å². The molecule has 1 aliphatic rings. The van der Waals surface area contributed by atoms with Crippen molar-refractivity contribution in [2.75, 3.05) is 18.1 Å². The highest BCUT2D eigenvalue weighted by molar-refractivity contribution is 9.10. The number of fused-ring (bicyclic) bond motifs is 1. The standard InChI is InChI=1S/C16H16BrN3O3S/c1-24(22,23)20-6-5-14-11(10-20)3-2-4-15(14)19-16(21)12-7-13(17)9-18-8-12/h2-4,7-9H,5-6,10H2,1H3,(H,19,21). The lowest BCUT2D eigenvalue weighted by Crippen LogP contribution is -2.35. The molecule has 24 heavy (non-hydrogen) atoms. The summed E-state index contributed by atoms with van der Waals surface area (Å²) in [5.74, 6) is -0.247. The maximum atomic E-state index is 12.4. The number of aromatic nitrogens is 1. The number of halogens is 1. The van der Waals surface area contributed by atoms with Gasteiger partial charge in [-0.05, 0) is 45.6 Å². The van der Waals surface area contributed by atoms with Crippen LogP contribution >= 0.6 is 15.9 Å². The third-order valence-corrected chi connectivity index (χ3v) is 5.60. The van der Waals surface area contributed by atoms with Crippen LogP contribution in [0.2, 0.25) is 0 Å². The Hall–Kier alpha value is -1.77. The number of carbonyl (C=O) groups excluding carboxylic acids is 1. The fourth-order valence-corrected chi connectivity index (χ4v) is 3.88. The number of pyridine rings is 1. The molecule has 0 unspecified atom stereocenters. The Morgan fingerprint density at radius 2 is 2.12 bits per heavy atom. The summed E-state index contributed by atoms with van der Waals surface area (Å²) in [7, 11) is -3.22. The summed E-state index contributed by atoms with van der Waals surface area (Å²) in [6, 6.07) is 7.24. The summed E-state index contributed by atoms with van der Waals surface area (Å²) in [6.45, 7) is 0.744. The Kier molecular flexibility index (Phi) is 4.71. The van der Waals surface area contributed by atoms with E-state index in [4.69, 9.17) is 0 Å². The van der Waals surface area contributed by atoms with Crippen molar-refractivity contribution in [3.05, 3.63) is 57.8 Å². The van der Waals surface area contributed by atoms with Crippen LogP contribution < -0.4 is 5.32 Å². The minimum absolute atomic E-state index is 0.247. The fraction of sp³-hybridized carbons (Fsp3) is 0.250. The van der Waals surface area contributed by atoms with Gasteiger partial charge in [0.15, 0.2) is 0 Å². The van der Waals surface area contributed by atoms with Crippen LogP contribution in [0.3, 0.4) is 0 Å². The second-order valence-electron chi connectivity index (χ2n) is 5.64. The molecule has 1 amide bonds. The van der Waals surface area contributed by atoms with Gasteiger partial charge in [-0.2, -0.15) is 4.31 Å². The fourth-order valence-electron chi connectivity index (χ4n) is 2.71. The minimum Gasteiger partial charge on any atom is -0.322 e. The van der Waals surface area contributed by atoms with Gasteiger partial charge in [-0.1, -0.05) is 12.1 Å². The third-order valence-electron chi connectivity index (χ3n) is 3.92. The molecule has 1 aliphatic heterocycles. The van der Waals surface area contributed by atoms with Gasteiger partial charge < -0.3 is 5.32 Å². The number of nitrogens with zero attached hydrogens (tertiary/aromatic N) is 2. The summed E-state index contributed by atoms with van der Waals surface area (Å²) >= 11 is 3.30. The van der Waals surface area contributed by atoms with Crippen LogP contribution in [0.1, 0.15) is 21.5 Å². The SMILES string of the molecule is CS(=O)(=O)N1CCc2c(cccc2NC(=O)c2cncc(Br)c2)C1. The Morgan fingerprint density at radius 1 is 1.33 bits per heavy atom. The molecule has 0 radical (unpaired) electrons. The first-order valence-corrected chi connectivity index (χ1v) is 9.96. The van der Waals surface area contributed by atoms with Crippen molar-refractivity contribution in [3.63, 3.8) is 0 Å². The maximum absolute atomic E-state index is 12.4. The molecule has 2 heterocycles. The van der Waals surface area contributed by atoms with Gasteiger partial charge >= 0.3 is 0 Å². The number of rotatable bonds is 3. The average molecular weight is 410 g/mol. The Morgan fingerprint density at radius 3 is 2.83 bits per heavy atom. The number of carbonyl (C=O) groups is 1. The molecule has 126 valence electrons. The third kappa shape index (κ3) is 3.66. The average Bonchev–Trinajstić information content (AvgIpc) is 2.54. The van der Waals surface area contributed by atoms with Crippen molar-refractivity contribution >= 4 is 37.5 Å². The normalized spacial score (nSPS) is 14.9. The largest absolute Gasteiger partial charge is 0.322 e. The molecule has 0 fully saturated rings. The summed E-state index contributed by atoms with van der Waals surface area (Å²) in [5.41, 5.74) is 3.06. The van der Waals surface area contributed by atoms with Crippen LogP contribution in [0.25, 0.3) is 0 Å². The molecule has 1 aromatic heterocycles. The number of amides is 1. The lowest BCUT2D eigenvalue weighted by Gasteiger charge is -2.28. The van der Waals surface area contributed by atoms with E-state index in [-0.39, 0.29) is 5.91 Å². The molecule has 8 heteroatoms. The van der Waals surface area contributed by atoms with Gasteiger partial charge in [0.05, 0.1) is 11.8 Å². The highest BCUT2D eigenvalue weighted by Crippen LogP contribution is 2.27. The van der Waals surface area contributed by atoms with Crippen molar-refractivity contribution in [1.82, 2.24) is 9.29 Å². The number of nitrogens with one attached hydrogen (secondary N) is 1. The van der Waals surface area contributed by atoms with E-state index in [9.17, 15) is 13.2 Å². The first kappa shape index (κ1) is 17.1. The van der Waals surface area contributed by atoms with E-state index in [1.807, 2.05) is 18.2 Å². The molecule has 1 aromatic carbocycles. The maximum Gasteiger partial charge on any atom is 0.257 e. The zero-order valence-electron chi connectivity index (χ0n) is 13.0. The lowest BCUT2D eigenvalue weighted by molar-refractivity contribution is 0.102. The topological polar surface area (TPSA) is 79.4 Å². The summed E-state index contributed by atoms with van der Waals surface area (Å²) < 4.78 is 25.6. The highest BCUT2D eigenvalue weighted by atomic mass is 79.9. The van der Waals surface area contributed by atoms with E-state index in [0.717, 1.165) is 15.6 Å². The smallest absolute Gasteiger partial charge is 0.257 e. The van der Waals surface area contributed by atoms with Gasteiger partial charge in [-0.3, -0.25) is 9.78 Å². The van der Waals surface area contributed by atoms with Gasteiger partial charge in [0.25, 0.3) is 5.91 Å². The molecule has 2 aromatic rings. The zero-order chi connectivity index (χ0) is 17.3. The Balaban J connectivity index is 1.85. The molecule has 0 saturated carbocycles. The van der Waals surface area contributed by atoms with Crippen LogP contribution in [0.4, 0.5) is 5.69 Å². The Labute approximate surface area is 149 Å². The van der Waals surface area contributed by atoms with Crippen molar-refractivity contribution in [2.45, 2.75) is 13.0 Å². The number of sulfonamides is 1. The van der Waals surface area contributed by atoms with Gasteiger partial charge in [0.2, 0.25) is 10.0 Å². The minimum atomic E-state index is -3.22. The monoisotopic (exact) mass is 409 g/mol. The van der Waals surface area contributed by atoms with Gasteiger partial charge in [-0.15, -0.1) is 0 Å². The number of anilines is 1. The molecule has 0 aliphatic carbocycles. The molecule has 0 bridgehead atoms. The van der Waals surface area contributed by atoms with Gasteiger partial charge in [0.1, 0.15) is 0 Å². The second-order valence-corrected chi connectivity index (χ2v) is 8.53. The number of hydrogen-bond donors (Lipinski definition) is 1. The number of benzene rings is 1. The van der Waals surface area contributed by atoms with E-state index in [0.29, 0.717) is 30.8 Å². The van der Waals surface area contributed by atoms with Crippen LogP contribution in [0.5, 0.6) is 0 Å². The summed E-state index contributed by atoms with van der Waals surface area (Å²) in [6.07, 6.45) is 4.89. The molecule has 6 nitrogen and oxygen atoms in total. The molecular weight excluding hydrogens is 394 g/mol. The van der Waals surface area contributed by atoms with Crippen molar-refractivity contribution in [1.29, 1.82) is 0 Å². The molecular formula is C16H16BrN3O3S. The molecule has 0 atom stereocenters. The summed E-state index contributed by atoms with van der Waals surface area (Å²) in [5, 5.41) is 2.90. The van der Waals surface area contributed by atoms with Crippen LogP contribution in [0, 0.1) is 0 Å². The van der Waals surface area contributed by atoms with Gasteiger partial charge in [-0.25, -0.2) is 8.42 Å². The van der Waals surface area contributed by atoms with Crippen molar-refractivity contribution in [2.24, 2.45) is 0 Å². The molecule has 3 rings (SSSR count). The quantitative estimate of drug-likeness (QED) is 0.843. The summed E-state index contributed by atoms with van der Waals surface area (Å²) in [4.78, 5) is 16.4. The number of hydrogen-bond acceptors (Lipinski definition) is 4. The van der Waals surface area contributed by atoms with E-state index in [1.54, 1.807) is 12.3 Å². The van der Waals surface area contributed by atoms with Crippen LogP contribution in [-0.4, -0.2) is 36.4 Å². The predicted molar refractivity (Wildman–Crippen MR) is 95.3 cm³/mol. The van der Waals surface area contributed by atoms with Crippen molar-refractivity contribution < 1.29 is 13.2 Å². The molecule has 1 N–H and O–H groups in total. The molecule has 0 saturated heterocycles. The Bertz CT molecular complexity index is 899.